The van der Waals surface area contributed by atoms with Gasteiger partial charge in [0.1, 0.15) is 11.6 Å². The van der Waals surface area contributed by atoms with Gasteiger partial charge in [0.2, 0.25) is 0 Å². The van der Waals surface area contributed by atoms with Crippen LogP contribution in [0, 0.1) is 15.9 Å². The number of carbonyl (C=O) groups is 1. The standard InChI is InChI=1S/C16H15FN2O4/c1-23-15-7-6-12(19(21)22)10-13(15)16(20)18-9-8-11-4-2-3-5-14(11)17/h2-7,10H,8-9H2,1H3,(H,18,20). The summed E-state index contributed by atoms with van der Waals surface area (Å²) in [7, 11) is 1.37. The highest BCUT2D eigenvalue weighted by Gasteiger charge is 2.17. The third-order valence-corrected chi connectivity index (χ3v) is 3.28. The average Bonchev–Trinajstić information content (AvgIpc) is 2.55. The van der Waals surface area contributed by atoms with Crippen molar-refractivity contribution >= 4 is 11.6 Å². The molecule has 0 aromatic heterocycles. The van der Waals surface area contributed by atoms with Crippen LogP contribution in [0.1, 0.15) is 15.9 Å². The lowest BCUT2D eigenvalue weighted by atomic mass is 10.1. The van der Waals surface area contributed by atoms with E-state index in [4.69, 9.17) is 4.74 Å². The highest BCUT2D eigenvalue weighted by Crippen LogP contribution is 2.23. The summed E-state index contributed by atoms with van der Waals surface area (Å²) in [5, 5.41) is 13.4. The number of rotatable bonds is 6. The molecule has 23 heavy (non-hydrogen) atoms. The molecule has 0 spiro atoms. The number of carbonyl (C=O) groups excluding carboxylic acids is 1. The first kappa shape index (κ1) is 16.4. The zero-order valence-corrected chi connectivity index (χ0v) is 12.4. The smallest absolute Gasteiger partial charge is 0.270 e. The molecule has 7 heteroatoms. The Kier molecular flexibility index (Phi) is 5.24. The fourth-order valence-electron chi connectivity index (χ4n) is 2.09. The number of hydrogen-bond donors (Lipinski definition) is 1. The van der Waals surface area contributed by atoms with Crippen LogP contribution in [-0.2, 0) is 6.42 Å². The Morgan fingerprint density at radius 1 is 1.30 bits per heavy atom. The van der Waals surface area contributed by atoms with Gasteiger partial charge in [-0.25, -0.2) is 4.39 Å². The van der Waals surface area contributed by atoms with Gasteiger partial charge >= 0.3 is 0 Å². The van der Waals surface area contributed by atoms with E-state index >= 15 is 0 Å². The zero-order valence-electron chi connectivity index (χ0n) is 12.4. The summed E-state index contributed by atoms with van der Waals surface area (Å²) in [6.07, 6.45) is 0.315. The number of nitrogens with one attached hydrogen (secondary N) is 1. The Morgan fingerprint density at radius 3 is 2.70 bits per heavy atom. The minimum atomic E-state index is -0.588. The highest BCUT2D eigenvalue weighted by atomic mass is 19.1. The lowest BCUT2D eigenvalue weighted by molar-refractivity contribution is -0.384. The summed E-state index contributed by atoms with van der Waals surface area (Å²) in [4.78, 5) is 22.4. The molecular formula is C16H15FN2O4. The van der Waals surface area contributed by atoms with E-state index in [1.54, 1.807) is 18.2 Å². The van der Waals surface area contributed by atoms with Crippen molar-refractivity contribution in [3.05, 3.63) is 69.5 Å². The molecule has 0 bridgehead atoms. The van der Waals surface area contributed by atoms with Gasteiger partial charge in [0, 0.05) is 18.7 Å². The van der Waals surface area contributed by atoms with Crippen molar-refractivity contribution in [3.8, 4) is 5.75 Å². The zero-order chi connectivity index (χ0) is 16.8. The number of nitro benzene ring substituents is 1. The fourth-order valence-corrected chi connectivity index (χ4v) is 2.09. The van der Waals surface area contributed by atoms with Gasteiger partial charge < -0.3 is 10.1 Å². The van der Waals surface area contributed by atoms with Crippen LogP contribution in [0.5, 0.6) is 5.75 Å². The van der Waals surface area contributed by atoms with Gasteiger partial charge in [0.25, 0.3) is 11.6 Å². The molecule has 2 aromatic rings. The molecule has 0 unspecified atom stereocenters. The highest BCUT2D eigenvalue weighted by molar-refractivity contribution is 5.97. The molecule has 0 fully saturated rings. The molecule has 0 atom stereocenters. The Bertz CT molecular complexity index is 734. The van der Waals surface area contributed by atoms with Gasteiger partial charge in [-0.2, -0.15) is 0 Å². The van der Waals surface area contributed by atoms with Crippen molar-refractivity contribution in [2.24, 2.45) is 0 Å². The molecular weight excluding hydrogens is 303 g/mol. The maximum Gasteiger partial charge on any atom is 0.270 e. The average molecular weight is 318 g/mol. The molecule has 0 aliphatic heterocycles. The van der Waals surface area contributed by atoms with Crippen LogP contribution in [-0.4, -0.2) is 24.5 Å². The molecule has 1 amide bonds. The SMILES string of the molecule is COc1ccc([N+](=O)[O-])cc1C(=O)NCCc1ccccc1F. The Balaban J connectivity index is 2.07. The molecule has 120 valence electrons. The van der Waals surface area contributed by atoms with Crippen LogP contribution in [0.2, 0.25) is 0 Å². The van der Waals surface area contributed by atoms with E-state index in [-0.39, 0.29) is 29.4 Å². The molecule has 0 radical (unpaired) electrons. The fraction of sp³-hybridized carbons (Fsp3) is 0.188. The third kappa shape index (κ3) is 4.03. The predicted octanol–water partition coefficient (Wildman–Crippen LogP) is 2.72. The molecule has 0 saturated carbocycles. The minimum Gasteiger partial charge on any atom is -0.496 e. The molecule has 0 heterocycles. The van der Waals surface area contributed by atoms with Crippen molar-refractivity contribution in [1.82, 2.24) is 5.32 Å². The number of ether oxygens (including phenoxy) is 1. The first-order chi connectivity index (χ1) is 11.0. The topological polar surface area (TPSA) is 81.5 Å². The van der Waals surface area contributed by atoms with Crippen LogP contribution >= 0.6 is 0 Å². The lowest BCUT2D eigenvalue weighted by Crippen LogP contribution is -2.26. The van der Waals surface area contributed by atoms with Crippen LogP contribution in [0.3, 0.4) is 0 Å². The van der Waals surface area contributed by atoms with Crippen LogP contribution in [0.25, 0.3) is 0 Å². The minimum absolute atomic E-state index is 0.0650. The van der Waals surface area contributed by atoms with Gasteiger partial charge in [0.15, 0.2) is 0 Å². The van der Waals surface area contributed by atoms with E-state index in [1.165, 1.54) is 25.3 Å². The van der Waals surface area contributed by atoms with Gasteiger partial charge in [-0.3, -0.25) is 14.9 Å². The van der Waals surface area contributed by atoms with Crippen molar-refractivity contribution in [2.45, 2.75) is 6.42 Å². The van der Waals surface area contributed by atoms with Crippen molar-refractivity contribution in [2.75, 3.05) is 13.7 Å². The first-order valence-corrected chi connectivity index (χ1v) is 6.87. The van der Waals surface area contributed by atoms with E-state index in [1.807, 2.05) is 0 Å². The van der Waals surface area contributed by atoms with Crippen molar-refractivity contribution < 1.29 is 18.8 Å². The molecule has 0 aliphatic rings. The Morgan fingerprint density at radius 2 is 2.04 bits per heavy atom. The van der Waals surface area contributed by atoms with E-state index in [9.17, 15) is 19.3 Å². The second-order valence-electron chi connectivity index (χ2n) is 4.74. The largest absolute Gasteiger partial charge is 0.496 e. The molecule has 1 N–H and O–H groups in total. The summed E-state index contributed by atoms with van der Waals surface area (Å²) >= 11 is 0. The van der Waals surface area contributed by atoms with Crippen molar-refractivity contribution in [3.63, 3.8) is 0 Å². The Hall–Kier alpha value is -2.96. The van der Waals surface area contributed by atoms with Crippen LogP contribution in [0.4, 0.5) is 10.1 Å². The molecule has 2 rings (SSSR count). The Labute approximate surface area is 132 Å². The summed E-state index contributed by atoms with van der Waals surface area (Å²) in [6, 6.07) is 10.1. The summed E-state index contributed by atoms with van der Waals surface area (Å²) in [5.74, 6) is -0.615. The molecule has 0 saturated heterocycles. The number of nitrogens with zero attached hydrogens (tertiary/aromatic N) is 1. The van der Waals surface area contributed by atoms with E-state index in [0.717, 1.165) is 6.07 Å². The van der Waals surface area contributed by atoms with E-state index in [0.29, 0.717) is 12.0 Å². The van der Waals surface area contributed by atoms with Crippen LogP contribution in [0.15, 0.2) is 42.5 Å². The number of benzene rings is 2. The number of hydrogen-bond acceptors (Lipinski definition) is 4. The second-order valence-corrected chi connectivity index (χ2v) is 4.74. The summed E-state index contributed by atoms with van der Waals surface area (Å²) < 4.78 is 18.5. The second kappa shape index (κ2) is 7.35. The van der Waals surface area contributed by atoms with Gasteiger partial charge in [-0.05, 0) is 24.1 Å². The monoisotopic (exact) mass is 318 g/mol. The first-order valence-electron chi connectivity index (χ1n) is 6.87. The van der Waals surface area contributed by atoms with Crippen molar-refractivity contribution in [1.29, 1.82) is 0 Å². The summed E-state index contributed by atoms with van der Waals surface area (Å²) in [6.45, 7) is 0.200. The normalized spacial score (nSPS) is 10.2. The summed E-state index contributed by atoms with van der Waals surface area (Å²) in [5.41, 5.74) is 0.346. The molecule has 0 aliphatic carbocycles. The van der Waals surface area contributed by atoms with Gasteiger partial charge in [-0.1, -0.05) is 18.2 Å². The molecule has 2 aromatic carbocycles. The third-order valence-electron chi connectivity index (χ3n) is 3.28. The lowest BCUT2D eigenvalue weighted by Gasteiger charge is -2.09. The van der Waals surface area contributed by atoms with E-state index in [2.05, 4.69) is 5.32 Å². The number of halogens is 1. The van der Waals surface area contributed by atoms with Crippen LogP contribution < -0.4 is 10.1 Å². The number of nitro groups is 1. The predicted molar refractivity (Wildman–Crippen MR) is 82.1 cm³/mol. The maximum absolute atomic E-state index is 13.5. The number of non-ortho nitro benzene ring substituents is 1. The number of amides is 1. The van der Waals surface area contributed by atoms with Gasteiger partial charge in [0.05, 0.1) is 17.6 Å². The number of methoxy groups -OCH3 is 1. The van der Waals surface area contributed by atoms with Gasteiger partial charge in [-0.15, -0.1) is 0 Å². The molecule has 6 nitrogen and oxygen atoms in total. The maximum atomic E-state index is 13.5. The van der Waals surface area contributed by atoms with E-state index < -0.39 is 10.8 Å². The quantitative estimate of drug-likeness (QED) is 0.656.